The molecule has 2 aliphatic rings. The molecule has 0 bridgehead atoms. The number of halogens is 1. The number of nitrogens with zero attached hydrogens (tertiary/aromatic N) is 1. The summed E-state index contributed by atoms with van der Waals surface area (Å²) in [6.45, 7) is 1.51. The zero-order chi connectivity index (χ0) is 36.8. The fourth-order valence-electron chi connectivity index (χ4n) is 6.52. The molecule has 2 heterocycles. The van der Waals surface area contributed by atoms with Crippen LogP contribution in [0.5, 0.6) is 5.75 Å². The maximum absolute atomic E-state index is 12.9. The molecule has 0 aromatic heterocycles. The van der Waals surface area contributed by atoms with E-state index in [0.29, 0.717) is 17.7 Å². The Kier molecular flexibility index (Phi) is 13.5. The molecule has 5 N–H and O–H groups in total. The summed E-state index contributed by atoms with van der Waals surface area (Å²) >= 11 is 1.24. The number of hydrogen-bond acceptors (Lipinski definition) is 8. The van der Waals surface area contributed by atoms with Crippen molar-refractivity contribution in [2.24, 2.45) is 0 Å². The van der Waals surface area contributed by atoms with Gasteiger partial charge in [0.25, 0.3) is 5.24 Å². The molecule has 10 heteroatoms. The minimum atomic E-state index is -1.12. The highest BCUT2D eigenvalue weighted by Crippen LogP contribution is 2.43. The first-order valence-corrected chi connectivity index (χ1v) is 18.3. The van der Waals surface area contributed by atoms with E-state index in [0.717, 1.165) is 39.1 Å². The smallest absolute Gasteiger partial charge is 0.286 e. The topological polar surface area (TPSA) is 131 Å². The van der Waals surface area contributed by atoms with E-state index in [1.165, 1.54) is 23.9 Å². The first-order valence-electron chi connectivity index (χ1n) is 17.3. The van der Waals surface area contributed by atoms with Gasteiger partial charge in [-0.15, -0.1) is 0 Å². The molecule has 5 aromatic carbocycles. The van der Waals surface area contributed by atoms with Gasteiger partial charge < -0.3 is 30.3 Å². The van der Waals surface area contributed by atoms with Crippen molar-refractivity contribution in [3.05, 3.63) is 144 Å². The Labute approximate surface area is 314 Å². The van der Waals surface area contributed by atoms with Gasteiger partial charge in [-0.1, -0.05) is 117 Å². The normalized spacial score (nSPS) is 21.7. The first-order chi connectivity index (χ1) is 25.2. The summed E-state index contributed by atoms with van der Waals surface area (Å²) in [7, 11) is 0. The molecular weight excluding hydrogens is 694 g/mol. The third-order valence-corrected chi connectivity index (χ3v) is 10.4. The largest absolute Gasteiger partial charge is 0.508 e. The van der Waals surface area contributed by atoms with Crippen LogP contribution in [-0.2, 0) is 4.74 Å². The van der Waals surface area contributed by atoms with E-state index in [2.05, 4.69) is 0 Å². The van der Waals surface area contributed by atoms with Crippen molar-refractivity contribution in [2.45, 2.75) is 63.8 Å². The number of phenolic OH excluding ortho intramolecular Hbond substituents is 1. The Morgan fingerprint density at radius 3 is 2.08 bits per heavy atom. The standard InChI is InChI=1S/C33H31NO6S.C9H11FO.CH4/c35-18-31-32(38)29(37)17-30(40-31)23-8-6-22(7-9-23)24-12-15-26(28(36)16-24)27-19-41-33(39)34(27)25-13-10-21(11-14-25)20-4-2-1-3-5-20;1-2-9(11)7-3-5-8(10)6-4-7;/h1-16,27,29-32,35-38H,17-19H2;3-6,9,11H,2H2,1H3;1H4/t27?,29?,30?,31?,32-;;/m0../s1. The van der Waals surface area contributed by atoms with E-state index >= 15 is 0 Å². The second-order valence-electron chi connectivity index (χ2n) is 12.9. The van der Waals surface area contributed by atoms with Crippen molar-refractivity contribution < 1.29 is 39.5 Å². The molecule has 0 aliphatic carbocycles. The van der Waals surface area contributed by atoms with Crippen molar-refractivity contribution in [1.29, 1.82) is 0 Å². The van der Waals surface area contributed by atoms with Crippen molar-refractivity contribution in [3.63, 3.8) is 0 Å². The van der Waals surface area contributed by atoms with Gasteiger partial charge in [-0.05, 0) is 70.1 Å². The van der Waals surface area contributed by atoms with E-state index in [9.17, 15) is 34.7 Å². The Morgan fingerprint density at radius 2 is 1.45 bits per heavy atom. The quantitative estimate of drug-likeness (QED) is 0.107. The second-order valence-corrected chi connectivity index (χ2v) is 13.9. The molecule has 2 fully saturated rings. The molecule has 1 amide bonds. The van der Waals surface area contributed by atoms with E-state index in [1.807, 2.05) is 97.9 Å². The molecule has 2 saturated heterocycles. The van der Waals surface area contributed by atoms with Crippen molar-refractivity contribution in [2.75, 3.05) is 17.3 Å². The number of carbonyl (C=O) groups is 1. The van der Waals surface area contributed by atoms with Gasteiger partial charge in [0.1, 0.15) is 23.8 Å². The van der Waals surface area contributed by atoms with Gasteiger partial charge in [0.2, 0.25) is 0 Å². The summed E-state index contributed by atoms with van der Waals surface area (Å²) in [6.07, 6.45) is -2.94. The van der Waals surface area contributed by atoms with Crippen LogP contribution in [0, 0.1) is 5.82 Å². The van der Waals surface area contributed by atoms with E-state index < -0.39 is 30.5 Å². The third kappa shape index (κ3) is 9.16. The molecule has 0 spiro atoms. The molecule has 5 unspecified atom stereocenters. The number of hydrogen-bond donors (Lipinski definition) is 5. The summed E-state index contributed by atoms with van der Waals surface area (Å²) < 4.78 is 18.2. The van der Waals surface area contributed by atoms with Crippen molar-refractivity contribution in [3.8, 4) is 28.0 Å². The fourth-order valence-corrected chi connectivity index (χ4v) is 7.52. The van der Waals surface area contributed by atoms with Gasteiger partial charge in [-0.3, -0.25) is 9.69 Å². The van der Waals surface area contributed by atoms with Gasteiger partial charge in [0.15, 0.2) is 0 Å². The van der Waals surface area contributed by atoms with Crippen LogP contribution in [0.2, 0.25) is 0 Å². The molecule has 5 aromatic rings. The summed E-state index contributed by atoms with van der Waals surface area (Å²) in [4.78, 5) is 14.7. The summed E-state index contributed by atoms with van der Waals surface area (Å²) in [5.74, 6) is 0.394. The van der Waals surface area contributed by atoms with Gasteiger partial charge in [0, 0.05) is 23.4 Å². The average molecular weight is 740 g/mol. The van der Waals surface area contributed by atoms with Crippen molar-refractivity contribution >= 4 is 22.7 Å². The predicted octanol–water partition coefficient (Wildman–Crippen LogP) is 8.59. The number of phenols is 1. The van der Waals surface area contributed by atoms with Crippen LogP contribution in [0.15, 0.2) is 121 Å². The van der Waals surface area contributed by atoms with Crippen LogP contribution in [0.1, 0.15) is 62.1 Å². The van der Waals surface area contributed by atoms with Crippen LogP contribution < -0.4 is 4.90 Å². The highest BCUT2D eigenvalue weighted by Gasteiger charge is 2.37. The number of anilines is 1. The minimum Gasteiger partial charge on any atom is -0.508 e. The second kappa shape index (κ2) is 18.0. The molecule has 6 atom stereocenters. The highest BCUT2D eigenvalue weighted by molar-refractivity contribution is 8.14. The van der Waals surface area contributed by atoms with Crippen LogP contribution >= 0.6 is 11.8 Å². The molecule has 0 radical (unpaired) electrons. The number of aliphatic hydroxyl groups is 4. The Bertz CT molecular complexity index is 1930. The van der Waals surface area contributed by atoms with E-state index in [-0.39, 0.29) is 43.3 Å². The lowest BCUT2D eigenvalue weighted by molar-refractivity contribution is -0.181. The van der Waals surface area contributed by atoms with E-state index in [4.69, 9.17) is 4.74 Å². The Balaban J connectivity index is 0.000000389. The number of amides is 1. The first kappa shape index (κ1) is 39.7. The van der Waals surface area contributed by atoms with Gasteiger partial charge in [-0.2, -0.15) is 0 Å². The van der Waals surface area contributed by atoms with Gasteiger partial charge >= 0.3 is 0 Å². The van der Waals surface area contributed by atoms with Crippen molar-refractivity contribution in [1.82, 2.24) is 0 Å². The molecule has 8 nitrogen and oxygen atoms in total. The minimum absolute atomic E-state index is 0. The summed E-state index contributed by atoms with van der Waals surface area (Å²) in [5, 5.41) is 50.0. The number of aliphatic hydroxyl groups excluding tert-OH is 4. The number of ether oxygens (including phenoxy) is 1. The zero-order valence-corrected chi connectivity index (χ0v) is 29.4. The number of rotatable bonds is 8. The third-order valence-electron chi connectivity index (χ3n) is 9.52. The molecule has 2 aliphatic heterocycles. The molecule has 278 valence electrons. The number of aromatic hydroxyl groups is 1. The number of thioether (sulfide) groups is 1. The lowest BCUT2D eigenvalue weighted by atomic mass is 9.92. The van der Waals surface area contributed by atoms with Crippen LogP contribution in [-0.4, -0.2) is 61.4 Å². The Hall–Kier alpha value is -4.55. The number of carbonyl (C=O) groups excluding carboxylic acids is 1. The predicted molar refractivity (Wildman–Crippen MR) is 208 cm³/mol. The monoisotopic (exact) mass is 739 g/mol. The SMILES string of the molecule is C.CCC(O)c1ccc(F)cc1.O=C1SCC(c2ccc(-c3ccc(C4CC(O)[C@H](O)C(CO)O4)cc3)cc2O)N1c1ccc(-c2ccccc2)cc1. The van der Waals surface area contributed by atoms with Crippen LogP contribution in [0.25, 0.3) is 22.3 Å². The highest BCUT2D eigenvalue weighted by atomic mass is 32.2. The van der Waals surface area contributed by atoms with Gasteiger partial charge in [0.05, 0.1) is 31.0 Å². The molecule has 0 saturated carbocycles. The molecular formula is C43H46FNO7S. The molecule has 7 rings (SSSR count). The Morgan fingerprint density at radius 1 is 0.849 bits per heavy atom. The lowest BCUT2D eigenvalue weighted by Crippen LogP contribution is -2.47. The number of benzene rings is 5. The van der Waals surface area contributed by atoms with Gasteiger partial charge in [-0.25, -0.2) is 4.39 Å². The maximum atomic E-state index is 12.9. The maximum Gasteiger partial charge on any atom is 0.286 e. The van der Waals surface area contributed by atoms with E-state index in [1.54, 1.807) is 23.1 Å². The molecule has 53 heavy (non-hydrogen) atoms. The summed E-state index contributed by atoms with van der Waals surface area (Å²) in [5.41, 5.74) is 6.96. The zero-order valence-electron chi connectivity index (χ0n) is 28.6. The van der Waals surface area contributed by atoms with Crippen LogP contribution in [0.4, 0.5) is 14.9 Å². The average Bonchev–Trinajstić information content (AvgIpc) is 3.57. The van der Waals surface area contributed by atoms with Crippen LogP contribution in [0.3, 0.4) is 0 Å². The lowest BCUT2D eigenvalue weighted by Gasteiger charge is -2.36. The fraction of sp³-hybridized carbons (Fsp3) is 0.279. The summed E-state index contributed by atoms with van der Waals surface area (Å²) in [6, 6.07) is 36.7.